The lowest BCUT2D eigenvalue weighted by Crippen LogP contribution is -2.36. The van der Waals surface area contributed by atoms with Gasteiger partial charge in [0, 0.05) is 29.7 Å². The standard InChI is InChI=1S/C15H18N2O3/c1-2-20-15(18)14-10-11-9-12(3-4-13(11)16-14)17-5-7-19-8-6-17/h3-4,9-10,16H,2,5-8H2,1H3. The molecule has 2 heterocycles. The monoisotopic (exact) mass is 274 g/mol. The number of carbonyl (C=O) groups is 1. The zero-order valence-electron chi connectivity index (χ0n) is 11.5. The number of rotatable bonds is 3. The van der Waals surface area contributed by atoms with Crippen molar-refractivity contribution in [1.82, 2.24) is 4.98 Å². The van der Waals surface area contributed by atoms with Crippen molar-refractivity contribution in [3.8, 4) is 0 Å². The molecule has 20 heavy (non-hydrogen) atoms. The summed E-state index contributed by atoms with van der Waals surface area (Å²) in [6, 6.07) is 8.01. The Kier molecular flexibility index (Phi) is 3.60. The van der Waals surface area contributed by atoms with E-state index in [0.717, 1.165) is 42.9 Å². The Bertz CT molecular complexity index is 615. The molecular formula is C15H18N2O3. The number of hydrogen-bond acceptors (Lipinski definition) is 4. The Morgan fingerprint density at radius 2 is 2.15 bits per heavy atom. The van der Waals surface area contributed by atoms with Crippen LogP contribution >= 0.6 is 0 Å². The first kappa shape index (κ1) is 13.0. The molecule has 106 valence electrons. The molecule has 0 saturated carbocycles. The first-order valence-electron chi connectivity index (χ1n) is 6.90. The van der Waals surface area contributed by atoms with Gasteiger partial charge in [-0.2, -0.15) is 0 Å². The van der Waals surface area contributed by atoms with Crippen LogP contribution in [-0.4, -0.2) is 43.9 Å². The fourth-order valence-corrected chi connectivity index (χ4v) is 2.46. The summed E-state index contributed by atoms with van der Waals surface area (Å²) in [6.45, 7) is 5.52. The molecule has 1 N–H and O–H groups in total. The van der Waals surface area contributed by atoms with E-state index in [1.165, 1.54) is 0 Å². The predicted octanol–water partition coefficient (Wildman–Crippen LogP) is 2.18. The number of nitrogens with zero attached hydrogens (tertiary/aromatic N) is 1. The van der Waals surface area contributed by atoms with Gasteiger partial charge in [0.15, 0.2) is 0 Å². The molecule has 1 aromatic heterocycles. The van der Waals surface area contributed by atoms with E-state index in [4.69, 9.17) is 9.47 Å². The van der Waals surface area contributed by atoms with Gasteiger partial charge in [-0.1, -0.05) is 0 Å². The van der Waals surface area contributed by atoms with E-state index in [1.54, 1.807) is 6.92 Å². The van der Waals surface area contributed by atoms with Gasteiger partial charge in [0.25, 0.3) is 0 Å². The number of ether oxygens (including phenoxy) is 2. The van der Waals surface area contributed by atoms with Crippen LogP contribution in [0, 0.1) is 0 Å². The number of morpholine rings is 1. The van der Waals surface area contributed by atoms with Gasteiger partial charge >= 0.3 is 5.97 Å². The topological polar surface area (TPSA) is 54.6 Å². The van der Waals surface area contributed by atoms with Gasteiger partial charge in [-0.15, -0.1) is 0 Å². The minimum atomic E-state index is -0.309. The third kappa shape index (κ3) is 2.49. The molecule has 1 aliphatic heterocycles. The summed E-state index contributed by atoms with van der Waals surface area (Å²) in [5, 5.41) is 1.03. The molecule has 1 saturated heterocycles. The van der Waals surface area contributed by atoms with E-state index in [0.29, 0.717) is 12.3 Å². The largest absolute Gasteiger partial charge is 0.461 e. The number of H-pyrrole nitrogens is 1. The van der Waals surface area contributed by atoms with Crippen molar-refractivity contribution >= 4 is 22.6 Å². The molecule has 5 heteroatoms. The minimum absolute atomic E-state index is 0.309. The van der Waals surface area contributed by atoms with E-state index >= 15 is 0 Å². The summed E-state index contributed by atoms with van der Waals surface area (Å²) in [6.07, 6.45) is 0. The average molecular weight is 274 g/mol. The van der Waals surface area contributed by atoms with Crippen molar-refractivity contribution in [3.63, 3.8) is 0 Å². The molecule has 3 rings (SSSR count). The van der Waals surface area contributed by atoms with Crippen molar-refractivity contribution in [2.24, 2.45) is 0 Å². The zero-order chi connectivity index (χ0) is 13.9. The third-order valence-electron chi connectivity index (χ3n) is 3.48. The van der Waals surface area contributed by atoms with Crippen molar-refractivity contribution in [1.29, 1.82) is 0 Å². The zero-order valence-corrected chi connectivity index (χ0v) is 11.5. The van der Waals surface area contributed by atoms with Crippen molar-refractivity contribution < 1.29 is 14.3 Å². The van der Waals surface area contributed by atoms with Gasteiger partial charge in [-0.3, -0.25) is 0 Å². The SMILES string of the molecule is CCOC(=O)c1cc2cc(N3CCOCC3)ccc2[nH]1. The van der Waals surface area contributed by atoms with Crippen molar-refractivity contribution in [2.45, 2.75) is 6.92 Å². The van der Waals surface area contributed by atoms with Crippen LogP contribution in [0.25, 0.3) is 10.9 Å². The van der Waals surface area contributed by atoms with E-state index < -0.39 is 0 Å². The molecular weight excluding hydrogens is 256 g/mol. The molecule has 1 fully saturated rings. The summed E-state index contributed by atoms with van der Waals surface area (Å²) < 4.78 is 10.4. The fraction of sp³-hybridized carbons (Fsp3) is 0.400. The number of carbonyl (C=O) groups excluding carboxylic acids is 1. The normalized spacial score (nSPS) is 15.6. The quantitative estimate of drug-likeness (QED) is 0.872. The number of benzene rings is 1. The molecule has 1 aliphatic rings. The summed E-state index contributed by atoms with van der Waals surface area (Å²) in [4.78, 5) is 17.1. The Labute approximate surface area is 117 Å². The number of nitrogens with one attached hydrogen (secondary N) is 1. The van der Waals surface area contributed by atoms with Crippen LogP contribution < -0.4 is 4.90 Å². The van der Waals surface area contributed by atoms with Gasteiger partial charge in [-0.25, -0.2) is 4.79 Å². The van der Waals surface area contributed by atoms with Crippen LogP contribution in [0.15, 0.2) is 24.3 Å². The second kappa shape index (κ2) is 5.54. The Morgan fingerprint density at radius 1 is 1.35 bits per heavy atom. The van der Waals surface area contributed by atoms with Crippen molar-refractivity contribution in [2.75, 3.05) is 37.8 Å². The van der Waals surface area contributed by atoms with Gasteiger partial charge in [0.05, 0.1) is 19.8 Å². The van der Waals surface area contributed by atoms with Crippen LogP contribution in [-0.2, 0) is 9.47 Å². The number of fused-ring (bicyclic) bond motifs is 1. The summed E-state index contributed by atoms with van der Waals surface area (Å²) in [5.74, 6) is -0.309. The van der Waals surface area contributed by atoms with Gasteiger partial charge < -0.3 is 19.4 Å². The van der Waals surface area contributed by atoms with Crippen LogP contribution in [0.5, 0.6) is 0 Å². The Balaban J connectivity index is 1.88. The number of hydrogen-bond donors (Lipinski definition) is 1. The second-order valence-corrected chi connectivity index (χ2v) is 4.77. The maximum atomic E-state index is 11.7. The average Bonchev–Trinajstić information content (AvgIpc) is 2.91. The number of aromatic amines is 1. The van der Waals surface area contributed by atoms with Crippen LogP contribution in [0.3, 0.4) is 0 Å². The first-order valence-corrected chi connectivity index (χ1v) is 6.90. The van der Waals surface area contributed by atoms with Crippen LogP contribution in [0.2, 0.25) is 0 Å². The van der Waals surface area contributed by atoms with E-state index in [2.05, 4.69) is 22.0 Å². The first-order chi connectivity index (χ1) is 9.78. The number of aromatic nitrogens is 1. The minimum Gasteiger partial charge on any atom is -0.461 e. The molecule has 2 aromatic rings. The highest BCUT2D eigenvalue weighted by Crippen LogP contribution is 2.23. The maximum Gasteiger partial charge on any atom is 0.354 e. The molecule has 0 unspecified atom stereocenters. The molecule has 5 nitrogen and oxygen atoms in total. The highest BCUT2D eigenvalue weighted by Gasteiger charge is 2.14. The number of anilines is 1. The summed E-state index contributed by atoms with van der Waals surface area (Å²) in [5.41, 5.74) is 2.61. The molecule has 0 spiro atoms. The van der Waals surface area contributed by atoms with Gasteiger partial charge in [0.2, 0.25) is 0 Å². The summed E-state index contributed by atoms with van der Waals surface area (Å²) >= 11 is 0. The van der Waals surface area contributed by atoms with Crippen LogP contribution in [0.4, 0.5) is 5.69 Å². The Morgan fingerprint density at radius 3 is 2.90 bits per heavy atom. The molecule has 1 aromatic carbocycles. The van der Waals surface area contributed by atoms with Crippen LogP contribution in [0.1, 0.15) is 17.4 Å². The molecule has 0 radical (unpaired) electrons. The second-order valence-electron chi connectivity index (χ2n) is 4.77. The van der Waals surface area contributed by atoms with Gasteiger partial charge in [0.1, 0.15) is 5.69 Å². The van der Waals surface area contributed by atoms with E-state index in [-0.39, 0.29) is 5.97 Å². The lowest BCUT2D eigenvalue weighted by atomic mass is 10.2. The van der Waals surface area contributed by atoms with E-state index in [1.807, 2.05) is 12.1 Å². The third-order valence-corrected chi connectivity index (χ3v) is 3.48. The molecule has 0 aliphatic carbocycles. The van der Waals surface area contributed by atoms with Gasteiger partial charge in [-0.05, 0) is 31.2 Å². The number of esters is 1. The molecule has 0 atom stereocenters. The lowest BCUT2D eigenvalue weighted by Gasteiger charge is -2.28. The highest BCUT2D eigenvalue weighted by atomic mass is 16.5. The van der Waals surface area contributed by atoms with Crippen molar-refractivity contribution in [3.05, 3.63) is 30.0 Å². The Hall–Kier alpha value is -2.01. The molecule has 0 amide bonds. The summed E-state index contributed by atoms with van der Waals surface area (Å²) in [7, 11) is 0. The lowest BCUT2D eigenvalue weighted by molar-refractivity contribution is 0.0520. The predicted molar refractivity (Wildman–Crippen MR) is 77.3 cm³/mol. The smallest absolute Gasteiger partial charge is 0.354 e. The highest BCUT2D eigenvalue weighted by molar-refractivity contribution is 5.95. The maximum absolute atomic E-state index is 11.7. The molecule has 0 bridgehead atoms. The fourth-order valence-electron chi connectivity index (χ4n) is 2.46. The van der Waals surface area contributed by atoms with E-state index in [9.17, 15) is 4.79 Å².